The second kappa shape index (κ2) is 12.5. The van der Waals surface area contributed by atoms with Crippen molar-refractivity contribution >= 4 is 85.8 Å². The molecule has 0 unspecified atom stereocenters. The first-order valence-electron chi connectivity index (χ1n) is 17.7. The topological polar surface area (TPSA) is 50.9 Å². The molecular weight excluding hydrogens is 630 g/mol. The number of hydrogen-bond acceptors (Lipinski definition) is 3. The predicted octanol–water partition coefficient (Wildman–Crippen LogP) is 4.13. The molecule has 1 N–H and O–H groups in total. The van der Waals surface area contributed by atoms with Crippen LogP contribution < -0.4 is 21.9 Å². The lowest BCUT2D eigenvalue weighted by Gasteiger charge is -2.21. The molecule has 0 bridgehead atoms. The van der Waals surface area contributed by atoms with Gasteiger partial charge in [-0.15, -0.1) is 0 Å². The lowest BCUT2D eigenvalue weighted by Crippen LogP contribution is -2.42. The van der Waals surface area contributed by atoms with Crippen LogP contribution in [0.1, 0.15) is 0 Å². The number of benzene rings is 7. The van der Waals surface area contributed by atoms with E-state index in [1.165, 1.54) is 43.8 Å². The normalized spacial score (nSPS) is 11.5. The largest absolute Gasteiger partial charge is 0.509 e. The highest BCUT2D eigenvalue weighted by atomic mass is 16.3. The molecule has 52 heavy (non-hydrogen) atoms. The zero-order valence-electron chi connectivity index (χ0n) is 29.6. The van der Waals surface area contributed by atoms with Gasteiger partial charge < -0.3 is 5.11 Å². The molecule has 0 saturated carbocycles. The minimum Gasteiger partial charge on any atom is -0.509 e. The van der Waals surface area contributed by atoms with Crippen LogP contribution in [0.3, 0.4) is 0 Å². The van der Waals surface area contributed by atoms with Crippen LogP contribution in [0, 0.1) is 0 Å². The monoisotopic (exact) mass is 663 g/mol. The average Bonchev–Trinajstić information content (AvgIpc) is 3.58. The molecule has 2 heterocycles. The van der Waals surface area contributed by atoms with Gasteiger partial charge in [-0.3, -0.25) is 9.55 Å². The number of aromatic hydroxyl groups is 1. The lowest BCUT2D eigenvalue weighted by molar-refractivity contribution is 0.484. The van der Waals surface area contributed by atoms with Crippen LogP contribution >= 0.6 is 0 Å². The number of pyridine rings is 1. The van der Waals surface area contributed by atoms with Crippen molar-refractivity contribution in [3.63, 3.8) is 0 Å². The molecular formula is C44H33B4N3O. The van der Waals surface area contributed by atoms with E-state index in [-0.39, 0.29) is 0 Å². The molecule has 0 aliphatic heterocycles. The van der Waals surface area contributed by atoms with E-state index in [4.69, 9.17) is 4.98 Å². The van der Waals surface area contributed by atoms with Gasteiger partial charge in [-0.05, 0) is 91.3 Å². The van der Waals surface area contributed by atoms with Crippen LogP contribution in [0.5, 0.6) is 5.75 Å². The summed E-state index contributed by atoms with van der Waals surface area (Å²) in [5.74, 6) is 1.23. The second-order valence-corrected chi connectivity index (χ2v) is 13.7. The van der Waals surface area contributed by atoms with Gasteiger partial charge in [0.2, 0.25) is 0 Å². The van der Waals surface area contributed by atoms with E-state index >= 15 is 0 Å². The van der Waals surface area contributed by atoms with E-state index in [1.807, 2.05) is 34.2 Å². The third-order valence-electron chi connectivity index (χ3n) is 10.9. The van der Waals surface area contributed by atoms with Crippen LogP contribution in [-0.4, -0.2) is 51.0 Å². The van der Waals surface area contributed by atoms with Gasteiger partial charge in [0.25, 0.3) is 0 Å². The highest BCUT2D eigenvalue weighted by Crippen LogP contribution is 2.46. The van der Waals surface area contributed by atoms with Crippen LogP contribution in [0.25, 0.3) is 83.0 Å². The number of rotatable bonds is 5. The summed E-state index contributed by atoms with van der Waals surface area (Å²) in [6.07, 6.45) is 3.72. The molecule has 0 radical (unpaired) electrons. The van der Waals surface area contributed by atoms with Crippen molar-refractivity contribution in [3.05, 3.63) is 146 Å². The first-order chi connectivity index (χ1) is 25.4. The number of nitrogens with zero attached hydrogens (tertiary/aromatic N) is 3. The van der Waals surface area contributed by atoms with E-state index in [9.17, 15) is 5.11 Å². The van der Waals surface area contributed by atoms with Gasteiger partial charge in [0.05, 0.1) is 11.0 Å². The zero-order chi connectivity index (χ0) is 35.5. The molecule has 0 aliphatic rings. The SMILES string of the molecule is Bc1c(B)c(-c2nc3ccccc3n2-c2cccc(-c3c4ccccc4c(-c4ccccc4-c4ccncc4)c4ccccc34)c2)c(B)c(B)c1O. The third kappa shape index (κ3) is 4.90. The molecule has 0 fully saturated rings. The van der Waals surface area contributed by atoms with Crippen LogP contribution in [0.15, 0.2) is 146 Å². The van der Waals surface area contributed by atoms with Gasteiger partial charge in [-0.1, -0.05) is 119 Å². The predicted molar refractivity (Wildman–Crippen MR) is 230 cm³/mol. The number of phenols is 1. The Balaban J connectivity index is 1.32. The quantitative estimate of drug-likeness (QED) is 0.223. The molecule has 0 spiro atoms. The molecule has 0 saturated heterocycles. The highest BCUT2D eigenvalue weighted by molar-refractivity contribution is 6.61. The highest BCUT2D eigenvalue weighted by Gasteiger charge is 2.23. The number of fused-ring (bicyclic) bond motifs is 3. The number of aromatic nitrogens is 3. The lowest BCUT2D eigenvalue weighted by atomic mass is 9.66. The van der Waals surface area contributed by atoms with Crippen molar-refractivity contribution in [3.8, 4) is 56.2 Å². The summed E-state index contributed by atoms with van der Waals surface area (Å²) < 4.78 is 2.29. The maximum absolute atomic E-state index is 10.9. The Bertz CT molecular complexity index is 2780. The Morgan fingerprint density at radius 1 is 0.481 bits per heavy atom. The molecule has 2 aromatic heterocycles. The zero-order valence-corrected chi connectivity index (χ0v) is 29.6. The fourth-order valence-corrected chi connectivity index (χ4v) is 8.10. The van der Waals surface area contributed by atoms with Crippen molar-refractivity contribution < 1.29 is 5.11 Å². The van der Waals surface area contributed by atoms with Crippen LogP contribution in [-0.2, 0) is 0 Å². The summed E-state index contributed by atoms with van der Waals surface area (Å²) in [6.45, 7) is 0. The summed E-state index contributed by atoms with van der Waals surface area (Å²) in [5, 5.41) is 15.7. The summed E-state index contributed by atoms with van der Waals surface area (Å²) >= 11 is 0. The molecule has 0 aliphatic carbocycles. The summed E-state index contributed by atoms with van der Waals surface area (Å²) in [6, 6.07) is 47.7. The smallest absolute Gasteiger partial charge is 0.144 e. The first kappa shape index (κ1) is 31.7. The van der Waals surface area contributed by atoms with Gasteiger partial charge in [-0.25, -0.2) is 4.98 Å². The Hall–Kier alpha value is -6.26. The first-order valence-corrected chi connectivity index (χ1v) is 17.7. The molecule has 0 atom stereocenters. The van der Waals surface area contributed by atoms with Gasteiger partial charge >= 0.3 is 0 Å². The fraction of sp³-hybridized carbons (Fsp3) is 0. The van der Waals surface area contributed by atoms with Crippen LogP contribution in [0.4, 0.5) is 0 Å². The van der Waals surface area contributed by atoms with Gasteiger partial charge in [0, 0.05) is 23.6 Å². The Morgan fingerprint density at radius 2 is 1.04 bits per heavy atom. The van der Waals surface area contributed by atoms with Gasteiger partial charge in [0.15, 0.2) is 0 Å². The number of para-hydroxylation sites is 2. The minimum absolute atomic E-state index is 0.356. The second-order valence-electron chi connectivity index (χ2n) is 13.7. The molecule has 7 aromatic carbocycles. The van der Waals surface area contributed by atoms with Gasteiger partial charge in [0.1, 0.15) is 43.0 Å². The summed E-state index contributed by atoms with van der Waals surface area (Å²) in [5.41, 5.74) is 15.0. The van der Waals surface area contributed by atoms with E-state index in [1.54, 1.807) is 0 Å². The summed E-state index contributed by atoms with van der Waals surface area (Å²) in [4.78, 5) is 9.54. The number of phenolic OH excluding ortho intramolecular Hbond substituents is 1. The van der Waals surface area contributed by atoms with Gasteiger partial charge in [-0.2, -0.15) is 0 Å². The third-order valence-corrected chi connectivity index (χ3v) is 10.9. The van der Waals surface area contributed by atoms with Crippen LogP contribution in [0.2, 0.25) is 0 Å². The standard InChI is InChI=1S/C44H33B4N3O/c45-39-38(40(46)42(48)43(52)41(39)47)44-50-34-18-7-8-19-35(34)51(44)27-11-9-10-26(24-27)36-30-14-3-5-16-32(30)37(33-17-6-4-15-31(33)36)29-13-2-1-12-28(29)25-20-22-49-23-21-25/h1-24,52H,45-48H2. The Morgan fingerprint density at radius 3 is 1.69 bits per heavy atom. The average molecular weight is 663 g/mol. The number of imidazole rings is 1. The maximum Gasteiger partial charge on any atom is 0.144 e. The molecule has 4 nitrogen and oxygen atoms in total. The van der Waals surface area contributed by atoms with Crippen molar-refractivity contribution in [2.45, 2.75) is 0 Å². The number of hydrogen-bond donors (Lipinski definition) is 1. The Labute approximate surface area is 306 Å². The maximum atomic E-state index is 10.9. The van der Waals surface area contributed by atoms with Crippen molar-refractivity contribution in [1.82, 2.24) is 14.5 Å². The fourth-order valence-electron chi connectivity index (χ4n) is 8.10. The molecule has 0 amide bonds. The molecule has 9 rings (SSSR count). The molecule has 242 valence electrons. The van der Waals surface area contributed by atoms with Crippen molar-refractivity contribution in [1.29, 1.82) is 0 Å². The minimum atomic E-state index is 0.356. The molecule has 9 aromatic rings. The van der Waals surface area contributed by atoms with Crippen molar-refractivity contribution in [2.75, 3.05) is 0 Å². The van der Waals surface area contributed by atoms with E-state index < -0.39 is 0 Å². The van der Waals surface area contributed by atoms with E-state index in [0.29, 0.717) is 5.75 Å². The van der Waals surface area contributed by atoms with E-state index in [2.05, 4.69) is 153 Å². The summed E-state index contributed by atoms with van der Waals surface area (Å²) in [7, 11) is 8.15. The van der Waals surface area contributed by atoms with E-state index in [0.717, 1.165) is 61.1 Å². The molecule has 8 heteroatoms. The van der Waals surface area contributed by atoms with Crippen molar-refractivity contribution in [2.24, 2.45) is 0 Å². The Kier molecular flexibility index (Phi) is 7.62.